The summed E-state index contributed by atoms with van der Waals surface area (Å²) in [6.45, 7) is 0.593. The first-order valence-corrected chi connectivity index (χ1v) is 6.15. The van der Waals surface area contributed by atoms with Crippen LogP contribution in [0.5, 0.6) is 0 Å². The molecule has 0 unspecified atom stereocenters. The second-order valence-electron chi connectivity index (χ2n) is 3.25. The maximum Gasteiger partial charge on any atom is 0.170 e. The predicted molar refractivity (Wildman–Crippen MR) is 66.9 cm³/mol. The van der Waals surface area contributed by atoms with Crippen molar-refractivity contribution in [2.75, 3.05) is 6.54 Å². The van der Waals surface area contributed by atoms with Crippen LogP contribution in [0, 0.1) is 0 Å². The first-order valence-electron chi connectivity index (χ1n) is 4.96. The normalized spacial score (nSPS) is 10.6. The fraction of sp³-hybridized carbons (Fsp3) is 0.182. The van der Waals surface area contributed by atoms with Crippen LogP contribution in [0.15, 0.2) is 40.6 Å². The molecule has 0 fully saturated rings. The molecule has 0 atom stereocenters. The van der Waals surface area contributed by atoms with Crippen LogP contribution in [-0.4, -0.2) is 16.5 Å². The largest absolute Gasteiger partial charge is 0.339 e. The number of rotatable bonds is 4. The predicted octanol–water partition coefficient (Wildman–Crippen LogP) is 2.72. The maximum atomic E-state index is 6.15. The molecule has 0 spiro atoms. The molecule has 0 amide bonds. The number of aromatic amines is 1. The molecule has 1 heterocycles. The number of benzene rings is 1. The lowest BCUT2D eigenvalue weighted by atomic mass is 10.1. The maximum absolute atomic E-state index is 6.15. The van der Waals surface area contributed by atoms with E-state index < -0.39 is 0 Å². The third-order valence-electron chi connectivity index (χ3n) is 2.15. The zero-order chi connectivity index (χ0) is 11.4. The lowest BCUT2D eigenvalue weighted by Gasteiger charge is -2.08. The van der Waals surface area contributed by atoms with Crippen LogP contribution in [0.1, 0.15) is 5.56 Å². The number of H-pyrrole nitrogens is 1. The van der Waals surface area contributed by atoms with Crippen molar-refractivity contribution < 1.29 is 0 Å². The molecule has 3 nitrogen and oxygen atoms in total. The first kappa shape index (κ1) is 11.5. The Morgan fingerprint density at radius 1 is 1.44 bits per heavy atom. The highest BCUT2D eigenvalue weighted by Crippen LogP contribution is 2.32. The van der Waals surface area contributed by atoms with E-state index in [1.54, 1.807) is 24.2 Å². The Kier molecular flexibility index (Phi) is 3.88. The molecule has 2 aromatic rings. The van der Waals surface area contributed by atoms with Crippen LogP contribution >= 0.6 is 23.4 Å². The van der Waals surface area contributed by atoms with Gasteiger partial charge in [0.05, 0.1) is 0 Å². The Morgan fingerprint density at radius 3 is 3.00 bits per heavy atom. The Hall–Kier alpha value is -0.970. The molecule has 1 aromatic heterocycles. The van der Waals surface area contributed by atoms with Gasteiger partial charge in [-0.05, 0) is 30.7 Å². The van der Waals surface area contributed by atoms with E-state index in [9.17, 15) is 0 Å². The van der Waals surface area contributed by atoms with Crippen LogP contribution in [0.4, 0.5) is 0 Å². The highest BCUT2D eigenvalue weighted by molar-refractivity contribution is 7.99. The van der Waals surface area contributed by atoms with E-state index in [0.29, 0.717) is 6.54 Å². The van der Waals surface area contributed by atoms with Crippen molar-refractivity contribution in [2.24, 2.45) is 5.73 Å². The smallest absolute Gasteiger partial charge is 0.170 e. The van der Waals surface area contributed by atoms with E-state index in [1.807, 2.05) is 18.2 Å². The summed E-state index contributed by atoms with van der Waals surface area (Å²) in [7, 11) is 0. The molecular weight excluding hydrogens is 242 g/mol. The fourth-order valence-electron chi connectivity index (χ4n) is 1.43. The molecule has 16 heavy (non-hydrogen) atoms. The van der Waals surface area contributed by atoms with Crippen molar-refractivity contribution in [2.45, 2.75) is 16.5 Å². The van der Waals surface area contributed by atoms with Gasteiger partial charge in [0, 0.05) is 22.3 Å². The number of nitrogens with one attached hydrogen (secondary N) is 1. The third kappa shape index (κ3) is 2.58. The van der Waals surface area contributed by atoms with Gasteiger partial charge in [-0.25, -0.2) is 4.98 Å². The summed E-state index contributed by atoms with van der Waals surface area (Å²) in [5, 5.41) is 1.63. The lowest BCUT2D eigenvalue weighted by molar-refractivity contribution is 0.942. The zero-order valence-electron chi connectivity index (χ0n) is 8.61. The van der Waals surface area contributed by atoms with Gasteiger partial charge >= 0.3 is 0 Å². The summed E-state index contributed by atoms with van der Waals surface area (Å²) in [6.07, 6.45) is 4.31. The minimum absolute atomic E-state index is 0.593. The summed E-state index contributed by atoms with van der Waals surface area (Å²) < 4.78 is 0. The minimum Gasteiger partial charge on any atom is -0.339 e. The summed E-state index contributed by atoms with van der Waals surface area (Å²) in [4.78, 5) is 8.33. The van der Waals surface area contributed by atoms with Crippen molar-refractivity contribution >= 4 is 23.4 Å². The number of nitrogens with two attached hydrogens (primary N) is 1. The molecule has 0 aliphatic carbocycles. The monoisotopic (exact) mass is 253 g/mol. The molecule has 5 heteroatoms. The van der Waals surface area contributed by atoms with E-state index in [2.05, 4.69) is 9.97 Å². The Labute approximate surface area is 103 Å². The number of imidazole rings is 1. The summed E-state index contributed by atoms with van der Waals surface area (Å²) in [5.41, 5.74) is 6.67. The standard InChI is InChI=1S/C11H12ClN3S/c12-9-2-1-3-10(8(9)4-5-13)16-11-14-6-7-15-11/h1-3,6-7H,4-5,13H2,(H,14,15). The number of aromatic nitrogens is 2. The molecule has 0 saturated heterocycles. The Morgan fingerprint density at radius 2 is 2.31 bits per heavy atom. The van der Waals surface area contributed by atoms with Gasteiger partial charge in [0.2, 0.25) is 0 Å². The molecule has 0 bridgehead atoms. The molecule has 1 aromatic carbocycles. The van der Waals surface area contributed by atoms with E-state index in [1.165, 1.54) is 0 Å². The van der Waals surface area contributed by atoms with Crippen molar-refractivity contribution in [1.29, 1.82) is 0 Å². The Balaban J connectivity index is 2.29. The second-order valence-corrected chi connectivity index (χ2v) is 4.69. The summed E-state index contributed by atoms with van der Waals surface area (Å²) in [5.74, 6) is 0. The van der Waals surface area contributed by atoms with E-state index >= 15 is 0 Å². The topological polar surface area (TPSA) is 54.7 Å². The highest BCUT2D eigenvalue weighted by atomic mass is 35.5. The summed E-state index contributed by atoms with van der Waals surface area (Å²) >= 11 is 7.72. The number of nitrogens with zero attached hydrogens (tertiary/aromatic N) is 1. The molecule has 0 aliphatic heterocycles. The van der Waals surface area contributed by atoms with Crippen LogP contribution in [0.2, 0.25) is 5.02 Å². The molecular formula is C11H12ClN3S. The molecule has 0 saturated carbocycles. The minimum atomic E-state index is 0.593. The second kappa shape index (κ2) is 5.39. The molecule has 3 N–H and O–H groups in total. The van der Waals surface area contributed by atoms with Crippen molar-refractivity contribution in [1.82, 2.24) is 9.97 Å². The van der Waals surface area contributed by atoms with Gasteiger partial charge in [-0.1, -0.05) is 29.4 Å². The van der Waals surface area contributed by atoms with Gasteiger partial charge < -0.3 is 10.7 Å². The van der Waals surface area contributed by atoms with E-state index in [4.69, 9.17) is 17.3 Å². The van der Waals surface area contributed by atoms with Gasteiger partial charge in [0.25, 0.3) is 0 Å². The van der Waals surface area contributed by atoms with Crippen molar-refractivity contribution in [3.05, 3.63) is 41.2 Å². The average molecular weight is 254 g/mol. The fourth-order valence-corrected chi connectivity index (χ4v) is 2.69. The first-order chi connectivity index (χ1) is 7.81. The van der Waals surface area contributed by atoms with Crippen LogP contribution < -0.4 is 5.73 Å². The number of halogens is 1. The quantitative estimate of drug-likeness (QED) is 0.881. The number of hydrogen-bond acceptors (Lipinski definition) is 3. The van der Waals surface area contributed by atoms with Gasteiger partial charge in [-0.2, -0.15) is 0 Å². The molecule has 0 aliphatic rings. The van der Waals surface area contributed by atoms with Crippen molar-refractivity contribution in [3.8, 4) is 0 Å². The van der Waals surface area contributed by atoms with Crippen molar-refractivity contribution in [3.63, 3.8) is 0 Å². The Bertz CT molecular complexity index is 456. The third-order valence-corrected chi connectivity index (χ3v) is 3.52. The van der Waals surface area contributed by atoms with Crippen LogP contribution in [0.25, 0.3) is 0 Å². The van der Waals surface area contributed by atoms with Crippen LogP contribution in [0.3, 0.4) is 0 Å². The van der Waals surface area contributed by atoms with Crippen LogP contribution in [-0.2, 0) is 6.42 Å². The van der Waals surface area contributed by atoms with Gasteiger partial charge in [-0.3, -0.25) is 0 Å². The highest BCUT2D eigenvalue weighted by Gasteiger charge is 2.08. The number of hydrogen-bond donors (Lipinski definition) is 2. The SMILES string of the molecule is NCCc1c(Cl)cccc1Sc1ncc[nH]1. The zero-order valence-corrected chi connectivity index (χ0v) is 10.2. The van der Waals surface area contributed by atoms with E-state index in [0.717, 1.165) is 27.1 Å². The lowest BCUT2D eigenvalue weighted by Crippen LogP contribution is -2.04. The average Bonchev–Trinajstić information content (AvgIpc) is 2.76. The van der Waals surface area contributed by atoms with Gasteiger partial charge in [-0.15, -0.1) is 0 Å². The van der Waals surface area contributed by atoms with E-state index in [-0.39, 0.29) is 0 Å². The van der Waals surface area contributed by atoms with Gasteiger partial charge in [0.1, 0.15) is 0 Å². The molecule has 0 radical (unpaired) electrons. The molecule has 84 valence electrons. The molecule has 2 rings (SSSR count). The van der Waals surface area contributed by atoms with Gasteiger partial charge in [0.15, 0.2) is 5.16 Å². The summed E-state index contributed by atoms with van der Waals surface area (Å²) in [6, 6.07) is 5.86.